The molecule has 2 nitrogen and oxygen atoms in total. The second kappa shape index (κ2) is 6.39. The summed E-state index contributed by atoms with van der Waals surface area (Å²) in [4.78, 5) is 2.61. The fourth-order valence-electron chi connectivity index (χ4n) is 2.19. The fourth-order valence-corrected chi connectivity index (χ4v) is 2.19. The highest BCUT2D eigenvalue weighted by Crippen LogP contribution is 2.10. The van der Waals surface area contributed by atoms with Crippen molar-refractivity contribution in [1.29, 1.82) is 0 Å². The van der Waals surface area contributed by atoms with Crippen LogP contribution in [0.25, 0.3) is 0 Å². The Morgan fingerprint density at radius 1 is 1.23 bits per heavy atom. The van der Waals surface area contributed by atoms with Crippen LogP contribution in [0.4, 0.5) is 0 Å². The van der Waals surface area contributed by atoms with E-state index in [4.69, 9.17) is 0 Å². The third kappa shape index (κ3) is 4.10. The molecule has 78 valence electrons. The lowest BCUT2D eigenvalue weighted by atomic mass is 10.1. The van der Waals surface area contributed by atoms with Crippen molar-refractivity contribution in [3.63, 3.8) is 0 Å². The number of rotatable bonds is 4. The molecule has 0 aromatic rings. The third-order valence-electron chi connectivity index (χ3n) is 2.85. The Labute approximate surface area is 82.7 Å². The molecule has 2 heteroatoms. The van der Waals surface area contributed by atoms with Gasteiger partial charge in [0.1, 0.15) is 0 Å². The summed E-state index contributed by atoms with van der Waals surface area (Å²) in [6, 6.07) is 0.784. The van der Waals surface area contributed by atoms with Gasteiger partial charge in [-0.1, -0.05) is 13.8 Å². The maximum absolute atomic E-state index is 3.56. The van der Waals surface area contributed by atoms with E-state index in [9.17, 15) is 0 Å². The van der Waals surface area contributed by atoms with E-state index in [1.54, 1.807) is 0 Å². The SMILES string of the molecule is CCCN1CCCC(NCC)CC1. The molecule has 1 atom stereocenters. The molecule has 0 radical (unpaired) electrons. The van der Waals surface area contributed by atoms with Gasteiger partial charge in [0.15, 0.2) is 0 Å². The Morgan fingerprint density at radius 3 is 2.77 bits per heavy atom. The van der Waals surface area contributed by atoms with Crippen LogP contribution in [0.1, 0.15) is 39.5 Å². The first-order chi connectivity index (χ1) is 6.36. The van der Waals surface area contributed by atoms with Crippen molar-refractivity contribution in [2.24, 2.45) is 0 Å². The maximum atomic E-state index is 3.56. The summed E-state index contributed by atoms with van der Waals surface area (Å²) in [5.41, 5.74) is 0. The molecule has 0 saturated carbocycles. The molecule has 13 heavy (non-hydrogen) atoms. The molecular formula is C11H24N2. The number of nitrogens with zero attached hydrogens (tertiary/aromatic N) is 1. The standard InChI is InChI=1S/C11H24N2/c1-3-8-13-9-5-6-11(7-10-13)12-4-2/h11-12H,3-10H2,1-2H3. The zero-order chi connectivity index (χ0) is 9.52. The van der Waals surface area contributed by atoms with Crippen LogP contribution in [-0.4, -0.2) is 37.1 Å². The molecule has 1 aliphatic rings. The number of nitrogens with one attached hydrogen (secondary N) is 1. The minimum absolute atomic E-state index is 0.784. The Morgan fingerprint density at radius 2 is 2.08 bits per heavy atom. The highest BCUT2D eigenvalue weighted by molar-refractivity contribution is 4.73. The Kier molecular flexibility index (Phi) is 5.40. The van der Waals surface area contributed by atoms with Gasteiger partial charge in [-0.25, -0.2) is 0 Å². The number of likely N-dealkylation sites (tertiary alicyclic amines) is 1. The molecule has 1 fully saturated rings. The summed E-state index contributed by atoms with van der Waals surface area (Å²) >= 11 is 0. The fraction of sp³-hybridized carbons (Fsp3) is 1.00. The average molecular weight is 184 g/mol. The minimum atomic E-state index is 0.784. The molecule has 0 spiro atoms. The summed E-state index contributed by atoms with van der Waals surface area (Å²) in [6.45, 7) is 9.50. The quantitative estimate of drug-likeness (QED) is 0.717. The molecule has 1 rings (SSSR count). The molecule has 1 unspecified atom stereocenters. The first kappa shape index (κ1) is 11.0. The van der Waals surface area contributed by atoms with Crippen LogP contribution in [-0.2, 0) is 0 Å². The molecule has 0 amide bonds. The highest BCUT2D eigenvalue weighted by Gasteiger charge is 2.14. The lowest BCUT2D eigenvalue weighted by Crippen LogP contribution is -2.31. The molecule has 0 aliphatic carbocycles. The van der Waals surface area contributed by atoms with Crippen molar-refractivity contribution in [3.8, 4) is 0 Å². The number of hydrogen-bond acceptors (Lipinski definition) is 2. The smallest absolute Gasteiger partial charge is 0.00795 e. The first-order valence-electron chi connectivity index (χ1n) is 5.82. The normalized spacial score (nSPS) is 25.8. The summed E-state index contributed by atoms with van der Waals surface area (Å²) in [6.07, 6.45) is 5.38. The largest absolute Gasteiger partial charge is 0.314 e. The van der Waals surface area contributed by atoms with E-state index < -0.39 is 0 Å². The zero-order valence-electron chi connectivity index (χ0n) is 9.18. The van der Waals surface area contributed by atoms with Gasteiger partial charge in [-0.15, -0.1) is 0 Å². The Hall–Kier alpha value is -0.0800. The molecule has 0 bridgehead atoms. The van der Waals surface area contributed by atoms with E-state index in [1.807, 2.05) is 0 Å². The van der Waals surface area contributed by atoms with Crippen molar-refractivity contribution in [1.82, 2.24) is 10.2 Å². The van der Waals surface area contributed by atoms with Gasteiger partial charge in [-0.2, -0.15) is 0 Å². The van der Waals surface area contributed by atoms with E-state index in [-0.39, 0.29) is 0 Å². The zero-order valence-corrected chi connectivity index (χ0v) is 9.18. The molecule has 1 N–H and O–H groups in total. The monoisotopic (exact) mass is 184 g/mol. The van der Waals surface area contributed by atoms with Crippen LogP contribution in [0.15, 0.2) is 0 Å². The van der Waals surface area contributed by atoms with Crippen molar-refractivity contribution in [3.05, 3.63) is 0 Å². The van der Waals surface area contributed by atoms with Crippen LogP contribution in [0.2, 0.25) is 0 Å². The van der Waals surface area contributed by atoms with E-state index in [0.29, 0.717) is 0 Å². The van der Waals surface area contributed by atoms with Gasteiger partial charge in [0.2, 0.25) is 0 Å². The second-order valence-electron chi connectivity index (χ2n) is 4.03. The highest BCUT2D eigenvalue weighted by atomic mass is 15.1. The lowest BCUT2D eigenvalue weighted by Gasteiger charge is -2.19. The topological polar surface area (TPSA) is 15.3 Å². The molecule has 0 aromatic heterocycles. The second-order valence-corrected chi connectivity index (χ2v) is 4.03. The maximum Gasteiger partial charge on any atom is 0.00795 e. The van der Waals surface area contributed by atoms with Crippen molar-refractivity contribution in [2.75, 3.05) is 26.2 Å². The van der Waals surface area contributed by atoms with Gasteiger partial charge < -0.3 is 10.2 Å². The van der Waals surface area contributed by atoms with Crippen LogP contribution >= 0.6 is 0 Å². The summed E-state index contributed by atoms with van der Waals surface area (Å²) < 4.78 is 0. The van der Waals surface area contributed by atoms with Gasteiger partial charge in [0, 0.05) is 6.04 Å². The third-order valence-corrected chi connectivity index (χ3v) is 2.85. The van der Waals surface area contributed by atoms with Crippen molar-refractivity contribution in [2.45, 2.75) is 45.6 Å². The molecular weight excluding hydrogens is 160 g/mol. The summed E-state index contributed by atoms with van der Waals surface area (Å²) in [7, 11) is 0. The van der Waals surface area contributed by atoms with E-state index in [1.165, 1.54) is 45.3 Å². The van der Waals surface area contributed by atoms with Crippen molar-refractivity contribution >= 4 is 0 Å². The van der Waals surface area contributed by atoms with Crippen LogP contribution in [0.5, 0.6) is 0 Å². The number of hydrogen-bond donors (Lipinski definition) is 1. The average Bonchev–Trinajstić information content (AvgIpc) is 2.33. The first-order valence-corrected chi connectivity index (χ1v) is 5.82. The Bertz CT molecular complexity index is 111. The van der Waals surface area contributed by atoms with Crippen LogP contribution in [0, 0.1) is 0 Å². The minimum Gasteiger partial charge on any atom is -0.314 e. The van der Waals surface area contributed by atoms with Gasteiger partial charge in [0.05, 0.1) is 0 Å². The van der Waals surface area contributed by atoms with E-state index in [2.05, 4.69) is 24.1 Å². The summed E-state index contributed by atoms with van der Waals surface area (Å²) in [5, 5.41) is 3.56. The van der Waals surface area contributed by atoms with Gasteiger partial charge in [-0.05, 0) is 51.9 Å². The van der Waals surface area contributed by atoms with Gasteiger partial charge >= 0.3 is 0 Å². The van der Waals surface area contributed by atoms with Crippen LogP contribution < -0.4 is 5.32 Å². The van der Waals surface area contributed by atoms with Gasteiger partial charge in [0.25, 0.3) is 0 Å². The van der Waals surface area contributed by atoms with E-state index >= 15 is 0 Å². The van der Waals surface area contributed by atoms with E-state index in [0.717, 1.165) is 12.6 Å². The Balaban J connectivity index is 2.22. The van der Waals surface area contributed by atoms with Gasteiger partial charge in [-0.3, -0.25) is 0 Å². The lowest BCUT2D eigenvalue weighted by molar-refractivity contribution is 0.283. The molecule has 0 aromatic carbocycles. The summed E-state index contributed by atoms with van der Waals surface area (Å²) in [5.74, 6) is 0. The molecule has 1 saturated heterocycles. The predicted octanol–water partition coefficient (Wildman–Crippen LogP) is 1.86. The molecule has 1 heterocycles. The van der Waals surface area contributed by atoms with Crippen LogP contribution in [0.3, 0.4) is 0 Å². The van der Waals surface area contributed by atoms with Crippen molar-refractivity contribution < 1.29 is 0 Å². The molecule has 1 aliphatic heterocycles. The predicted molar refractivity (Wildman–Crippen MR) is 58.0 cm³/mol.